The number of benzene rings is 2. The summed E-state index contributed by atoms with van der Waals surface area (Å²) in [6, 6.07) is 17.2. The second-order valence-electron chi connectivity index (χ2n) is 7.36. The first kappa shape index (κ1) is 19.2. The van der Waals surface area contributed by atoms with Gasteiger partial charge in [0.15, 0.2) is 0 Å². The Kier molecular flexibility index (Phi) is 5.36. The van der Waals surface area contributed by atoms with Crippen LogP contribution < -0.4 is 0 Å². The molecule has 0 spiro atoms. The van der Waals surface area contributed by atoms with Crippen LogP contribution in [0.5, 0.6) is 0 Å². The van der Waals surface area contributed by atoms with E-state index in [1.807, 2.05) is 66.2 Å². The normalized spacial score (nSPS) is 17.5. The highest BCUT2D eigenvalue weighted by atomic mass is 16.6. The van der Waals surface area contributed by atoms with E-state index in [0.717, 1.165) is 22.0 Å². The van der Waals surface area contributed by atoms with Gasteiger partial charge in [-0.25, -0.2) is 9.69 Å². The summed E-state index contributed by atoms with van der Waals surface area (Å²) in [4.78, 5) is 26.6. The van der Waals surface area contributed by atoms with Crippen molar-refractivity contribution in [1.29, 1.82) is 0 Å². The van der Waals surface area contributed by atoms with Gasteiger partial charge in [0.05, 0.1) is 5.52 Å². The molecule has 6 nitrogen and oxygen atoms in total. The van der Waals surface area contributed by atoms with Crippen LogP contribution in [0.3, 0.4) is 0 Å². The van der Waals surface area contributed by atoms with Crippen LogP contribution in [0.1, 0.15) is 36.4 Å². The minimum absolute atomic E-state index is 0.0599. The predicted molar refractivity (Wildman–Crippen MR) is 109 cm³/mol. The van der Waals surface area contributed by atoms with E-state index >= 15 is 0 Å². The van der Waals surface area contributed by atoms with Gasteiger partial charge >= 0.3 is 6.09 Å². The molecule has 0 unspecified atom stereocenters. The number of carbonyl (C=O) groups excluding carboxylic acids is 2. The summed E-state index contributed by atoms with van der Waals surface area (Å²) in [5.41, 5.74) is 3.03. The lowest BCUT2D eigenvalue weighted by atomic mass is 9.96. The zero-order valence-electron chi connectivity index (χ0n) is 16.6. The van der Waals surface area contributed by atoms with Crippen molar-refractivity contribution in [3.63, 3.8) is 0 Å². The average molecular weight is 392 g/mol. The molecule has 2 heterocycles. The van der Waals surface area contributed by atoms with E-state index in [-0.39, 0.29) is 30.9 Å². The van der Waals surface area contributed by atoms with E-state index in [9.17, 15) is 9.59 Å². The lowest BCUT2D eigenvalue weighted by molar-refractivity contribution is -0.129. The molecule has 3 aromatic rings. The van der Waals surface area contributed by atoms with Crippen molar-refractivity contribution in [1.82, 2.24) is 9.47 Å². The number of imide groups is 1. The molecule has 1 saturated heterocycles. The summed E-state index contributed by atoms with van der Waals surface area (Å²) in [6.45, 7) is 2.64. The molecule has 29 heavy (non-hydrogen) atoms. The molecule has 0 radical (unpaired) electrons. The highest BCUT2D eigenvalue weighted by Crippen LogP contribution is 2.33. The van der Waals surface area contributed by atoms with Gasteiger partial charge in [-0.3, -0.25) is 4.79 Å². The van der Waals surface area contributed by atoms with E-state index in [2.05, 4.69) is 6.07 Å². The lowest BCUT2D eigenvalue weighted by Crippen LogP contribution is -2.34. The van der Waals surface area contributed by atoms with Crippen LogP contribution in [-0.2, 0) is 21.0 Å². The van der Waals surface area contributed by atoms with E-state index in [1.54, 1.807) is 7.11 Å². The molecule has 0 aliphatic carbocycles. The van der Waals surface area contributed by atoms with Crippen molar-refractivity contribution in [2.45, 2.75) is 32.0 Å². The van der Waals surface area contributed by atoms with Crippen LogP contribution in [0, 0.1) is 0 Å². The molecule has 4 rings (SSSR count). The number of fused-ring (bicyclic) bond motifs is 1. The van der Waals surface area contributed by atoms with E-state index in [0.29, 0.717) is 6.73 Å². The third-order valence-electron chi connectivity index (χ3n) is 5.43. The van der Waals surface area contributed by atoms with E-state index in [4.69, 9.17) is 9.47 Å². The number of aromatic nitrogens is 1. The topological polar surface area (TPSA) is 60.8 Å². The molecule has 2 atom stereocenters. The molecule has 1 aliphatic heterocycles. The second kappa shape index (κ2) is 8.09. The molecule has 0 bridgehead atoms. The molecule has 1 aliphatic rings. The minimum Gasteiger partial charge on any atom is -0.446 e. The summed E-state index contributed by atoms with van der Waals surface area (Å²) in [7, 11) is 1.66. The quantitative estimate of drug-likeness (QED) is 0.621. The van der Waals surface area contributed by atoms with Crippen molar-refractivity contribution >= 4 is 22.9 Å². The smallest absolute Gasteiger partial charge is 0.417 e. The van der Waals surface area contributed by atoms with Gasteiger partial charge in [0.1, 0.15) is 19.4 Å². The van der Waals surface area contributed by atoms with Crippen molar-refractivity contribution in [2.75, 3.05) is 13.7 Å². The van der Waals surface area contributed by atoms with Crippen LogP contribution in [-0.4, -0.2) is 35.2 Å². The maximum Gasteiger partial charge on any atom is 0.417 e. The minimum atomic E-state index is -0.571. The first-order valence-corrected chi connectivity index (χ1v) is 9.70. The van der Waals surface area contributed by atoms with Crippen LogP contribution in [0.4, 0.5) is 4.79 Å². The summed E-state index contributed by atoms with van der Waals surface area (Å²) in [5.74, 6) is -0.284. The number of nitrogens with zero attached hydrogens (tertiary/aromatic N) is 2. The summed E-state index contributed by atoms with van der Waals surface area (Å²) in [5, 5.41) is 1.09. The summed E-state index contributed by atoms with van der Waals surface area (Å²) < 4.78 is 12.5. The Labute approximate surface area is 169 Å². The predicted octanol–water partition coefficient (Wildman–Crippen LogP) is 4.46. The molecule has 6 heteroatoms. The molecule has 0 N–H and O–H groups in total. The first-order chi connectivity index (χ1) is 14.1. The average Bonchev–Trinajstić information content (AvgIpc) is 3.30. The number of ether oxygens (including phenoxy) is 2. The third-order valence-corrected chi connectivity index (χ3v) is 5.43. The van der Waals surface area contributed by atoms with Gasteiger partial charge in [-0.05, 0) is 23.1 Å². The fourth-order valence-electron chi connectivity index (χ4n) is 4.00. The highest BCUT2D eigenvalue weighted by Gasteiger charge is 2.39. The van der Waals surface area contributed by atoms with Crippen LogP contribution in [0.25, 0.3) is 10.9 Å². The Morgan fingerprint density at radius 1 is 1.17 bits per heavy atom. The van der Waals surface area contributed by atoms with Crippen molar-refractivity contribution < 1.29 is 19.1 Å². The van der Waals surface area contributed by atoms with Gasteiger partial charge < -0.3 is 14.0 Å². The molecular formula is C23H24N2O4. The number of amides is 2. The lowest BCUT2D eigenvalue weighted by Gasteiger charge is -2.21. The summed E-state index contributed by atoms with van der Waals surface area (Å²) in [6.07, 6.45) is 1.68. The monoisotopic (exact) mass is 392 g/mol. The molecule has 2 amide bonds. The van der Waals surface area contributed by atoms with Crippen molar-refractivity contribution in [2.24, 2.45) is 0 Å². The number of carbonyl (C=O) groups is 2. The number of hydrogen-bond acceptors (Lipinski definition) is 4. The van der Waals surface area contributed by atoms with E-state index < -0.39 is 6.09 Å². The maximum absolute atomic E-state index is 13.1. The van der Waals surface area contributed by atoms with Gasteiger partial charge in [0, 0.05) is 25.1 Å². The largest absolute Gasteiger partial charge is 0.446 e. The van der Waals surface area contributed by atoms with E-state index in [1.165, 1.54) is 4.90 Å². The van der Waals surface area contributed by atoms with Crippen molar-refractivity contribution in [3.8, 4) is 0 Å². The number of cyclic esters (lactones) is 1. The van der Waals surface area contributed by atoms with Gasteiger partial charge in [-0.1, -0.05) is 55.5 Å². The van der Waals surface area contributed by atoms with Gasteiger partial charge in [-0.15, -0.1) is 0 Å². The van der Waals surface area contributed by atoms with Gasteiger partial charge in [0.25, 0.3) is 0 Å². The van der Waals surface area contributed by atoms with Crippen LogP contribution >= 0.6 is 0 Å². The van der Waals surface area contributed by atoms with Crippen LogP contribution in [0.15, 0.2) is 60.8 Å². The van der Waals surface area contributed by atoms with Gasteiger partial charge in [-0.2, -0.15) is 0 Å². The molecule has 1 aromatic heterocycles. The van der Waals surface area contributed by atoms with Gasteiger partial charge in [0.2, 0.25) is 5.91 Å². The Morgan fingerprint density at radius 3 is 2.66 bits per heavy atom. The molecule has 2 aromatic carbocycles. The Balaban J connectivity index is 1.58. The first-order valence-electron chi connectivity index (χ1n) is 9.70. The molecule has 0 saturated carbocycles. The molecule has 1 fully saturated rings. The Hall–Kier alpha value is -3.12. The SMILES string of the molecule is COCn1cc([C@H](C)CC(=O)N2C(=O)OC[C@H]2c2ccccc2)c2ccccc21. The number of methoxy groups -OCH3 is 1. The fourth-order valence-corrected chi connectivity index (χ4v) is 4.00. The molecule has 150 valence electrons. The molecular weight excluding hydrogens is 368 g/mol. The summed E-state index contributed by atoms with van der Waals surface area (Å²) >= 11 is 0. The third kappa shape index (κ3) is 3.63. The Morgan fingerprint density at radius 2 is 1.90 bits per heavy atom. The van der Waals surface area contributed by atoms with Crippen LogP contribution in [0.2, 0.25) is 0 Å². The number of para-hydroxylation sites is 1. The number of hydrogen-bond donors (Lipinski definition) is 0. The zero-order chi connectivity index (χ0) is 20.4. The second-order valence-corrected chi connectivity index (χ2v) is 7.36. The standard InChI is InChI=1S/C23H24N2O4/c1-16(19-13-24(15-28-2)20-11-7-6-10-18(19)20)12-22(26)25-21(14-29-23(25)27)17-8-4-3-5-9-17/h3-11,13,16,21H,12,14-15H2,1-2H3/t16-,21+/m1/s1. The zero-order valence-corrected chi connectivity index (χ0v) is 16.6. The van der Waals surface area contributed by atoms with Crippen molar-refractivity contribution in [3.05, 3.63) is 71.9 Å². The number of rotatable bonds is 6. The maximum atomic E-state index is 13.1. The Bertz CT molecular complexity index is 1030. The fraction of sp³-hybridized carbons (Fsp3) is 0.304. The highest BCUT2D eigenvalue weighted by molar-refractivity contribution is 5.94.